The van der Waals surface area contributed by atoms with Gasteiger partial charge in [-0.2, -0.15) is 0 Å². The Morgan fingerprint density at radius 1 is 0.379 bits per heavy atom. The number of rotatable bonds is 8. The first-order valence-corrected chi connectivity index (χ1v) is 11.4. The molecular formula is C24H56O4Ti. The van der Waals surface area contributed by atoms with Crippen molar-refractivity contribution in [1.29, 1.82) is 0 Å². The van der Waals surface area contributed by atoms with E-state index in [2.05, 4.69) is 27.7 Å². The minimum absolute atomic E-state index is 0. The molecular weight excluding hydrogens is 400 g/mol. The van der Waals surface area contributed by atoms with E-state index in [1.54, 1.807) is 0 Å². The second-order valence-electron chi connectivity index (χ2n) is 8.50. The molecule has 0 fully saturated rings. The van der Waals surface area contributed by atoms with Gasteiger partial charge in [-0.05, 0) is 51.4 Å². The van der Waals surface area contributed by atoms with Crippen LogP contribution in [0.15, 0.2) is 0 Å². The molecule has 0 saturated carbocycles. The number of hydrogen-bond acceptors (Lipinski definition) is 4. The summed E-state index contributed by atoms with van der Waals surface area (Å²) in [5.74, 6) is 1.83. The van der Waals surface area contributed by atoms with E-state index < -0.39 is 0 Å². The average Bonchev–Trinajstić information content (AvgIpc) is 2.66. The molecule has 4 nitrogen and oxygen atoms in total. The summed E-state index contributed by atoms with van der Waals surface area (Å²) < 4.78 is 0. The van der Waals surface area contributed by atoms with Gasteiger partial charge in [0.05, 0.1) is 24.4 Å². The molecule has 0 spiro atoms. The molecule has 0 aromatic heterocycles. The van der Waals surface area contributed by atoms with Crippen LogP contribution in [-0.2, 0) is 21.7 Å². The van der Waals surface area contributed by atoms with Crippen LogP contribution in [0, 0.1) is 23.7 Å². The molecule has 29 heavy (non-hydrogen) atoms. The van der Waals surface area contributed by atoms with Crippen LogP contribution >= 0.6 is 0 Å². The average molecular weight is 457 g/mol. The van der Waals surface area contributed by atoms with Crippen LogP contribution in [0.4, 0.5) is 0 Å². The number of hydrogen-bond donors (Lipinski definition) is 4. The van der Waals surface area contributed by atoms with E-state index in [9.17, 15) is 0 Å². The van der Waals surface area contributed by atoms with Crippen LogP contribution in [0.1, 0.15) is 109 Å². The van der Waals surface area contributed by atoms with Crippen molar-refractivity contribution >= 4 is 0 Å². The van der Waals surface area contributed by atoms with Crippen molar-refractivity contribution in [3.63, 3.8) is 0 Å². The molecule has 180 valence electrons. The Hall–Kier alpha value is 0.554. The van der Waals surface area contributed by atoms with Crippen LogP contribution in [0.3, 0.4) is 0 Å². The van der Waals surface area contributed by atoms with E-state index in [1.165, 1.54) is 0 Å². The zero-order chi connectivity index (χ0) is 23.4. The van der Waals surface area contributed by atoms with E-state index >= 15 is 0 Å². The van der Waals surface area contributed by atoms with Gasteiger partial charge in [0.15, 0.2) is 0 Å². The summed E-state index contributed by atoms with van der Waals surface area (Å²) >= 11 is 0. The summed E-state index contributed by atoms with van der Waals surface area (Å²) in [5.41, 5.74) is 0. The first-order valence-electron chi connectivity index (χ1n) is 11.4. The number of aliphatic hydroxyl groups is 4. The van der Waals surface area contributed by atoms with Crippen LogP contribution in [0.2, 0.25) is 0 Å². The van der Waals surface area contributed by atoms with Crippen LogP contribution in [-0.4, -0.2) is 44.8 Å². The van der Waals surface area contributed by atoms with Gasteiger partial charge in [-0.3, -0.25) is 0 Å². The van der Waals surface area contributed by atoms with Gasteiger partial charge in [-0.25, -0.2) is 0 Å². The Balaban J connectivity index is -0.0000000873. The fourth-order valence-corrected chi connectivity index (χ4v) is 1.36. The van der Waals surface area contributed by atoms with Gasteiger partial charge >= 0.3 is 0 Å². The second kappa shape index (κ2) is 26.6. The quantitative estimate of drug-likeness (QED) is 0.356. The largest absolute Gasteiger partial charge is 0.393 e. The first kappa shape index (κ1) is 40.0. The molecule has 0 aliphatic heterocycles. The summed E-state index contributed by atoms with van der Waals surface area (Å²) in [7, 11) is 0. The summed E-state index contributed by atoms with van der Waals surface area (Å²) in [6.45, 7) is 23.8. The molecule has 4 N–H and O–H groups in total. The van der Waals surface area contributed by atoms with Gasteiger partial charge in [0.2, 0.25) is 0 Å². The molecule has 0 aromatic carbocycles. The smallest absolute Gasteiger partial charge is 0.0537 e. The molecule has 0 rings (SSSR count). The summed E-state index contributed by atoms with van der Waals surface area (Å²) in [6, 6.07) is 0. The van der Waals surface area contributed by atoms with Crippen molar-refractivity contribution in [2.24, 2.45) is 23.7 Å². The molecule has 0 amide bonds. The number of aliphatic hydroxyl groups excluding tert-OH is 4. The first-order chi connectivity index (χ1) is 12.7. The SMILES string of the molecule is CCC(C)C(C)O.CCC(C)C(C)O.CCC(C)C(C)O.CCC(C)C(C)O.[Ti]. The Kier molecular flexibility index (Phi) is 36.6. The molecule has 0 aliphatic rings. The van der Waals surface area contributed by atoms with Gasteiger partial charge in [0.1, 0.15) is 0 Å². The van der Waals surface area contributed by atoms with Crippen molar-refractivity contribution in [2.75, 3.05) is 0 Å². The molecule has 0 aromatic rings. The van der Waals surface area contributed by atoms with Gasteiger partial charge in [-0.15, -0.1) is 0 Å². The Labute approximate surface area is 198 Å². The predicted octanol–water partition coefficient (Wildman–Crippen LogP) is 5.65. The van der Waals surface area contributed by atoms with Crippen molar-refractivity contribution in [3.8, 4) is 0 Å². The molecule has 0 bridgehead atoms. The van der Waals surface area contributed by atoms with Gasteiger partial charge in [-0.1, -0.05) is 81.1 Å². The third-order valence-corrected chi connectivity index (χ3v) is 5.87. The van der Waals surface area contributed by atoms with Crippen LogP contribution < -0.4 is 0 Å². The summed E-state index contributed by atoms with van der Waals surface area (Å²) in [4.78, 5) is 0. The molecule has 0 aliphatic carbocycles. The van der Waals surface area contributed by atoms with Crippen LogP contribution in [0.5, 0.6) is 0 Å². The van der Waals surface area contributed by atoms with E-state index in [0.717, 1.165) is 25.7 Å². The normalized spacial score (nSPS) is 18.2. The van der Waals surface area contributed by atoms with E-state index in [4.69, 9.17) is 20.4 Å². The maximum atomic E-state index is 8.82. The van der Waals surface area contributed by atoms with E-state index in [1.807, 2.05) is 55.4 Å². The molecule has 0 saturated heterocycles. The fraction of sp³-hybridized carbons (Fsp3) is 1.00. The van der Waals surface area contributed by atoms with Crippen molar-refractivity contribution in [1.82, 2.24) is 0 Å². The third-order valence-electron chi connectivity index (χ3n) is 5.87. The van der Waals surface area contributed by atoms with E-state index in [0.29, 0.717) is 23.7 Å². The summed E-state index contributed by atoms with van der Waals surface area (Å²) in [6.07, 6.45) is 3.73. The fourth-order valence-electron chi connectivity index (χ4n) is 1.36. The molecule has 8 atom stereocenters. The van der Waals surface area contributed by atoms with Crippen LogP contribution in [0.25, 0.3) is 0 Å². The third kappa shape index (κ3) is 33.4. The maximum Gasteiger partial charge on any atom is 0.0537 e. The van der Waals surface area contributed by atoms with E-state index in [-0.39, 0.29) is 46.1 Å². The zero-order valence-corrected chi connectivity index (χ0v) is 23.3. The van der Waals surface area contributed by atoms with Gasteiger partial charge < -0.3 is 20.4 Å². The Morgan fingerprint density at radius 2 is 0.483 bits per heavy atom. The molecule has 0 radical (unpaired) electrons. The second-order valence-corrected chi connectivity index (χ2v) is 8.50. The Morgan fingerprint density at radius 3 is 0.483 bits per heavy atom. The molecule has 5 heteroatoms. The van der Waals surface area contributed by atoms with Crippen molar-refractivity contribution in [3.05, 3.63) is 0 Å². The van der Waals surface area contributed by atoms with Gasteiger partial charge in [0.25, 0.3) is 0 Å². The zero-order valence-electron chi connectivity index (χ0n) is 21.7. The topological polar surface area (TPSA) is 80.9 Å². The minimum atomic E-state index is -0.134. The summed E-state index contributed by atoms with van der Waals surface area (Å²) in [5, 5.41) is 35.3. The molecule has 8 unspecified atom stereocenters. The molecule has 0 heterocycles. The Bertz CT molecular complexity index is 228. The predicted molar refractivity (Wildman–Crippen MR) is 125 cm³/mol. The standard InChI is InChI=1S/4C6H14O.Ti/c4*1-4-5(2)6(3)7;/h4*5-7H,4H2,1-3H3;. The van der Waals surface area contributed by atoms with Gasteiger partial charge in [0, 0.05) is 21.7 Å². The minimum Gasteiger partial charge on any atom is -0.393 e. The van der Waals surface area contributed by atoms with Crippen molar-refractivity contribution in [2.45, 2.75) is 133 Å². The van der Waals surface area contributed by atoms with Crippen molar-refractivity contribution < 1.29 is 42.1 Å². The maximum absolute atomic E-state index is 8.82. The monoisotopic (exact) mass is 456 g/mol.